The Morgan fingerprint density at radius 3 is 2.40 bits per heavy atom. The van der Waals surface area contributed by atoms with Crippen molar-refractivity contribution in [1.82, 2.24) is 4.98 Å². The van der Waals surface area contributed by atoms with Crippen LogP contribution in [0.4, 0.5) is 4.69 Å². The van der Waals surface area contributed by atoms with Crippen LogP contribution in [0.2, 0.25) is 0 Å². The first-order valence-corrected chi connectivity index (χ1v) is 8.11. The number of nitrogens with zero attached hydrogens (tertiary/aromatic N) is 2. The van der Waals surface area contributed by atoms with Gasteiger partial charge in [-0.3, -0.25) is 0 Å². The number of hydrogen-bond donors (Lipinski definition) is 1. The van der Waals surface area contributed by atoms with Gasteiger partial charge in [0.1, 0.15) is 0 Å². The molecule has 0 aliphatic rings. The van der Waals surface area contributed by atoms with E-state index in [9.17, 15) is 0 Å². The SMILES string of the molecule is C(=N/Nc1nc(-c2ccccc2)c[se]1)/c1ccccc1. The summed E-state index contributed by atoms with van der Waals surface area (Å²) in [5.41, 5.74) is 6.28. The van der Waals surface area contributed by atoms with Crippen LogP contribution in [0.5, 0.6) is 0 Å². The molecule has 2 aromatic carbocycles. The second-order valence-electron chi connectivity index (χ2n) is 4.18. The predicted octanol–water partition coefficient (Wildman–Crippen LogP) is 3.25. The van der Waals surface area contributed by atoms with Crippen molar-refractivity contribution in [1.29, 1.82) is 0 Å². The second kappa shape index (κ2) is 6.33. The Morgan fingerprint density at radius 2 is 1.65 bits per heavy atom. The maximum atomic E-state index is 4.57. The summed E-state index contributed by atoms with van der Waals surface area (Å²) >= 11 is 0.221. The Hall–Kier alpha value is -2.16. The van der Waals surface area contributed by atoms with E-state index in [1.807, 2.05) is 48.5 Å². The first-order valence-electron chi connectivity index (χ1n) is 6.27. The van der Waals surface area contributed by atoms with Gasteiger partial charge >= 0.3 is 123 Å². The summed E-state index contributed by atoms with van der Waals surface area (Å²) in [6, 6.07) is 20.2. The Labute approximate surface area is 123 Å². The zero-order chi connectivity index (χ0) is 13.6. The minimum atomic E-state index is 0.221. The molecule has 0 unspecified atom stereocenters. The molecular weight excluding hydrogens is 313 g/mol. The van der Waals surface area contributed by atoms with Gasteiger partial charge in [0.15, 0.2) is 0 Å². The predicted molar refractivity (Wildman–Crippen MR) is 84.3 cm³/mol. The van der Waals surface area contributed by atoms with Crippen LogP contribution in [-0.2, 0) is 0 Å². The van der Waals surface area contributed by atoms with Crippen LogP contribution in [0.15, 0.2) is 70.7 Å². The fraction of sp³-hybridized carbons (Fsp3) is 0. The first kappa shape index (κ1) is 12.9. The Kier molecular flexibility index (Phi) is 4.07. The topological polar surface area (TPSA) is 37.3 Å². The Balaban J connectivity index is 1.68. The molecule has 3 aromatic rings. The maximum absolute atomic E-state index is 4.57. The summed E-state index contributed by atoms with van der Waals surface area (Å²) in [6.45, 7) is 0. The molecule has 0 atom stereocenters. The molecule has 98 valence electrons. The van der Waals surface area contributed by atoms with Gasteiger partial charge in [-0.25, -0.2) is 0 Å². The normalized spacial score (nSPS) is 10.8. The van der Waals surface area contributed by atoms with Crippen molar-refractivity contribution >= 4 is 25.4 Å². The monoisotopic (exact) mass is 327 g/mol. The second-order valence-corrected chi connectivity index (χ2v) is 5.98. The third kappa shape index (κ3) is 3.23. The summed E-state index contributed by atoms with van der Waals surface area (Å²) in [5.74, 6) is 0. The van der Waals surface area contributed by atoms with E-state index in [2.05, 4.69) is 32.6 Å². The number of rotatable bonds is 4. The summed E-state index contributed by atoms with van der Waals surface area (Å²) in [4.78, 5) is 6.74. The quantitative estimate of drug-likeness (QED) is 0.454. The molecule has 1 N–H and O–H groups in total. The number of nitrogens with one attached hydrogen (secondary N) is 1. The number of aromatic nitrogens is 1. The van der Waals surface area contributed by atoms with Crippen LogP contribution < -0.4 is 5.43 Å². The molecule has 0 fully saturated rings. The fourth-order valence-electron chi connectivity index (χ4n) is 1.77. The van der Waals surface area contributed by atoms with Crippen LogP contribution >= 0.6 is 0 Å². The van der Waals surface area contributed by atoms with Gasteiger partial charge in [0.25, 0.3) is 0 Å². The molecule has 0 saturated carbocycles. The van der Waals surface area contributed by atoms with E-state index >= 15 is 0 Å². The van der Waals surface area contributed by atoms with E-state index in [1.54, 1.807) is 6.21 Å². The molecule has 0 amide bonds. The van der Waals surface area contributed by atoms with Crippen LogP contribution in [0, 0.1) is 0 Å². The number of hydrogen-bond acceptors (Lipinski definition) is 3. The molecule has 1 aromatic heterocycles. The molecule has 0 saturated heterocycles. The molecular formula is C16H13N3Se. The molecule has 0 radical (unpaired) electrons. The van der Waals surface area contributed by atoms with Crippen molar-refractivity contribution in [3.8, 4) is 11.3 Å². The average molecular weight is 326 g/mol. The summed E-state index contributed by atoms with van der Waals surface area (Å²) in [7, 11) is 0. The van der Waals surface area contributed by atoms with Crippen molar-refractivity contribution in [3.63, 3.8) is 0 Å². The molecule has 3 nitrogen and oxygen atoms in total. The summed E-state index contributed by atoms with van der Waals surface area (Å²) in [6.07, 6.45) is 1.80. The molecule has 0 aliphatic carbocycles. The van der Waals surface area contributed by atoms with Crippen molar-refractivity contribution in [2.75, 3.05) is 5.43 Å². The van der Waals surface area contributed by atoms with E-state index in [1.165, 1.54) is 0 Å². The third-order valence-corrected chi connectivity index (χ3v) is 4.31. The third-order valence-electron chi connectivity index (χ3n) is 2.75. The zero-order valence-corrected chi connectivity index (χ0v) is 12.4. The van der Waals surface area contributed by atoms with E-state index in [4.69, 9.17) is 0 Å². The zero-order valence-electron chi connectivity index (χ0n) is 10.7. The molecule has 0 bridgehead atoms. The van der Waals surface area contributed by atoms with Gasteiger partial charge in [0, 0.05) is 0 Å². The molecule has 0 spiro atoms. The van der Waals surface area contributed by atoms with Crippen LogP contribution in [0.1, 0.15) is 5.56 Å². The van der Waals surface area contributed by atoms with Gasteiger partial charge in [-0.2, -0.15) is 0 Å². The van der Waals surface area contributed by atoms with Gasteiger partial charge in [-0.1, -0.05) is 0 Å². The van der Waals surface area contributed by atoms with Crippen LogP contribution in [0.25, 0.3) is 11.3 Å². The van der Waals surface area contributed by atoms with E-state index in [0.717, 1.165) is 21.5 Å². The van der Waals surface area contributed by atoms with Crippen molar-refractivity contribution < 1.29 is 0 Å². The van der Waals surface area contributed by atoms with Crippen molar-refractivity contribution in [2.24, 2.45) is 5.10 Å². The van der Waals surface area contributed by atoms with Gasteiger partial charge in [0.2, 0.25) is 0 Å². The van der Waals surface area contributed by atoms with Crippen LogP contribution in [-0.4, -0.2) is 25.7 Å². The van der Waals surface area contributed by atoms with Crippen molar-refractivity contribution in [3.05, 3.63) is 71.2 Å². The van der Waals surface area contributed by atoms with Crippen LogP contribution in [0.3, 0.4) is 0 Å². The molecule has 4 heteroatoms. The summed E-state index contributed by atoms with van der Waals surface area (Å²) < 4.78 is 0.934. The van der Waals surface area contributed by atoms with E-state index in [0.29, 0.717) is 0 Å². The van der Waals surface area contributed by atoms with E-state index < -0.39 is 0 Å². The number of benzene rings is 2. The van der Waals surface area contributed by atoms with Gasteiger partial charge in [-0.15, -0.1) is 0 Å². The molecule has 0 aliphatic heterocycles. The van der Waals surface area contributed by atoms with Gasteiger partial charge in [0.05, 0.1) is 0 Å². The Morgan fingerprint density at radius 1 is 0.950 bits per heavy atom. The first-order chi connectivity index (χ1) is 9.92. The standard InChI is InChI=1S/C16H13N3Se/c1-3-7-13(8-4-1)11-17-19-16-18-15(12-20-16)14-9-5-2-6-10-14/h1-12H,(H,18,19)/b17-11-. The molecule has 1 heterocycles. The fourth-order valence-corrected chi connectivity index (χ4v) is 3.17. The molecule has 3 rings (SSSR count). The number of anilines is 1. The van der Waals surface area contributed by atoms with Gasteiger partial charge < -0.3 is 0 Å². The van der Waals surface area contributed by atoms with Crippen molar-refractivity contribution in [2.45, 2.75) is 0 Å². The summed E-state index contributed by atoms with van der Waals surface area (Å²) in [5, 5.41) is 4.23. The Bertz CT molecular complexity index is 690. The molecule has 20 heavy (non-hydrogen) atoms. The minimum absolute atomic E-state index is 0.221. The van der Waals surface area contributed by atoms with E-state index in [-0.39, 0.29) is 14.5 Å². The van der Waals surface area contributed by atoms with Gasteiger partial charge in [-0.05, 0) is 0 Å². The average Bonchev–Trinajstić information content (AvgIpc) is 2.98. The number of hydrazone groups is 1.